The summed E-state index contributed by atoms with van der Waals surface area (Å²) in [5.74, 6) is 0.600. The number of benzene rings is 2. The lowest BCUT2D eigenvalue weighted by atomic mass is 9.97. The Balaban J connectivity index is 2.04. The zero-order valence-electron chi connectivity index (χ0n) is 11.0. The maximum absolute atomic E-state index is 13.9. The van der Waals surface area contributed by atoms with Gasteiger partial charge in [0.15, 0.2) is 0 Å². The van der Waals surface area contributed by atoms with Crippen LogP contribution in [0.2, 0.25) is 0 Å². The van der Waals surface area contributed by atoms with E-state index in [1.54, 1.807) is 12.1 Å². The van der Waals surface area contributed by atoms with Gasteiger partial charge in [-0.15, -0.1) is 0 Å². The molecule has 2 N–H and O–H groups in total. The van der Waals surface area contributed by atoms with Gasteiger partial charge in [0, 0.05) is 17.7 Å². The molecule has 0 amide bonds. The normalized spacial score (nSPS) is 15.9. The Morgan fingerprint density at radius 1 is 1.16 bits per heavy atom. The van der Waals surface area contributed by atoms with E-state index < -0.39 is 0 Å². The molecular weight excluding hydrogens is 241 g/mol. The second-order valence-electron chi connectivity index (χ2n) is 5.60. The fourth-order valence-electron chi connectivity index (χ4n) is 2.54. The molecule has 98 valence electrons. The quantitative estimate of drug-likeness (QED) is 0.789. The highest BCUT2D eigenvalue weighted by atomic mass is 19.1. The van der Waals surface area contributed by atoms with Crippen molar-refractivity contribution in [3.8, 4) is 16.9 Å². The van der Waals surface area contributed by atoms with Gasteiger partial charge in [0.05, 0.1) is 0 Å². The highest BCUT2D eigenvalue weighted by Gasteiger charge is 2.30. The minimum Gasteiger partial charge on any atom is -0.487 e. The van der Waals surface area contributed by atoms with Crippen molar-refractivity contribution in [3.63, 3.8) is 0 Å². The summed E-state index contributed by atoms with van der Waals surface area (Å²) in [6.07, 6.45) is 0.840. The topological polar surface area (TPSA) is 35.2 Å². The predicted octanol–water partition coefficient (Wildman–Crippen LogP) is 3.79. The molecule has 0 atom stereocenters. The van der Waals surface area contributed by atoms with Crippen LogP contribution < -0.4 is 10.5 Å². The molecule has 0 saturated heterocycles. The Hall–Kier alpha value is -2.03. The van der Waals surface area contributed by atoms with Gasteiger partial charge < -0.3 is 10.5 Å². The molecule has 2 aromatic carbocycles. The Morgan fingerprint density at radius 3 is 2.68 bits per heavy atom. The lowest BCUT2D eigenvalue weighted by Gasteiger charge is -2.16. The maximum Gasteiger partial charge on any atom is 0.133 e. The van der Waals surface area contributed by atoms with Gasteiger partial charge in [-0.2, -0.15) is 0 Å². The largest absolute Gasteiger partial charge is 0.487 e. The van der Waals surface area contributed by atoms with Crippen LogP contribution in [0.5, 0.6) is 5.75 Å². The highest BCUT2D eigenvalue weighted by Crippen LogP contribution is 2.37. The number of anilines is 1. The van der Waals surface area contributed by atoms with Crippen molar-refractivity contribution in [2.24, 2.45) is 0 Å². The summed E-state index contributed by atoms with van der Waals surface area (Å²) in [5.41, 5.74) is 8.38. The molecule has 0 bridgehead atoms. The van der Waals surface area contributed by atoms with Gasteiger partial charge in [0.1, 0.15) is 17.2 Å². The van der Waals surface area contributed by atoms with Gasteiger partial charge in [0.25, 0.3) is 0 Å². The minimum atomic E-state index is -0.293. The minimum absolute atomic E-state index is 0.180. The molecule has 0 unspecified atom stereocenters. The molecule has 0 radical (unpaired) electrons. The number of hydrogen-bond donors (Lipinski definition) is 1. The zero-order chi connectivity index (χ0) is 13.6. The summed E-state index contributed by atoms with van der Waals surface area (Å²) in [4.78, 5) is 0. The smallest absolute Gasteiger partial charge is 0.133 e. The van der Waals surface area contributed by atoms with Crippen molar-refractivity contribution in [1.29, 1.82) is 0 Å². The second kappa shape index (κ2) is 3.98. The van der Waals surface area contributed by atoms with Gasteiger partial charge in [0.2, 0.25) is 0 Å². The maximum atomic E-state index is 13.9. The Morgan fingerprint density at radius 2 is 1.95 bits per heavy atom. The number of fused-ring (bicyclic) bond motifs is 1. The van der Waals surface area contributed by atoms with Crippen LogP contribution in [0.15, 0.2) is 36.4 Å². The Kier molecular flexibility index (Phi) is 2.52. The highest BCUT2D eigenvalue weighted by molar-refractivity contribution is 5.68. The van der Waals surface area contributed by atoms with Crippen molar-refractivity contribution in [2.75, 3.05) is 5.73 Å². The van der Waals surface area contributed by atoms with Gasteiger partial charge in [-0.05, 0) is 55.3 Å². The second-order valence-corrected chi connectivity index (χ2v) is 5.60. The summed E-state index contributed by atoms with van der Waals surface area (Å²) < 4.78 is 19.7. The molecule has 0 aromatic heterocycles. The van der Waals surface area contributed by atoms with Crippen molar-refractivity contribution >= 4 is 5.69 Å². The van der Waals surface area contributed by atoms with E-state index in [1.165, 1.54) is 6.07 Å². The SMILES string of the molecule is CC1(C)Cc2cc(-c3ccc(N)cc3F)ccc2O1. The van der Waals surface area contributed by atoms with E-state index in [0.717, 1.165) is 23.3 Å². The summed E-state index contributed by atoms with van der Waals surface area (Å²) in [5, 5.41) is 0. The number of ether oxygens (including phenoxy) is 1. The molecule has 2 nitrogen and oxygen atoms in total. The van der Waals surface area contributed by atoms with Gasteiger partial charge >= 0.3 is 0 Å². The standard InChI is InChI=1S/C16H16FNO/c1-16(2)9-11-7-10(3-6-15(11)19-16)13-5-4-12(18)8-14(13)17/h3-8H,9,18H2,1-2H3. The van der Waals surface area contributed by atoms with E-state index in [0.29, 0.717) is 11.3 Å². The predicted molar refractivity (Wildman–Crippen MR) is 74.7 cm³/mol. The van der Waals surface area contributed by atoms with Crippen LogP contribution in [0.25, 0.3) is 11.1 Å². The van der Waals surface area contributed by atoms with Gasteiger partial charge in [-0.1, -0.05) is 6.07 Å². The molecule has 0 saturated carbocycles. The zero-order valence-corrected chi connectivity index (χ0v) is 11.0. The van der Waals surface area contributed by atoms with Crippen LogP contribution in [-0.4, -0.2) is 5.60 Å². The molecule has 3 rings (SSSR count). The van der Waals surface area contributed by atoms with Crippen molar-refractivity contribution in [1.82, 2.24) is 0 Å². The Bertz CT molecular complexity index is 649. The van der Waals surface area contributed by atoms with E-state index in [4.69, 9.17) is 10.5 Å². The van der Waals surface area contributed by atoms with Crippen LogP contribution in [-0.2, 0) is 6.42 Å². The number of halogens is 1. The lowest BCUT2D eigenvalue weighted by Crippen LogP contribution is -2.24. The molecule has 0 fully saturated rings. The molecule has 1 aliphatic rings. The Labute approximate surface area is 112 Å². The number of nitrogens with two attached hydrogens (primary N) is 1. The van der Waals surface area contributed by atoms with Crippen molar-refractivity contribution in [3.05, 3.63) is 47.8 Å². The molecule has 3 heteroatoms. The first-order chi connectivity index (χ1) is 8.94. The average Bonchev–Trinajstić information content (AvgIpc) is 2.61. The van der Waals surface area contributed by atoms with Gasteiger partial charge in [-0.3, -0.25) is 0 Å². The van der Waals surface area contributed by atoms with E-state index in [-0.39, 0.29) is 11.4 Å². The van der Waals surface area contributed by atoms with E-state index >= 15 is 0 Å². The molecule has 2 aromatic rings. The van der Waals surface area contributed by atoms with Crippen LogP contribution in [0.1, 0.15) is 19.4 Å². The average molecular weight is 257 g/mol. The molecule has 19 heavy (non-hydrogen) atoms. The third-order valence-corrected chi connectivity index (χ3v) is 3.37. The molecular formula is C16H16FNO. The van der Waals surface area contributed by atoms with Crippen LogP contribution >= 0.6 is 0 Å². The number of nitrogen functional groups attached to an aromatic ring is 1. The fourth-order valence-corrected chi connectivity index (χ4v) is 2.54. The summed E-state index contributed by atoms with van der Waals surface area (Å²) in [6, 6.07) is 10.6. The first kappa shape index (κ1) is 12.0. The summed E-state index contributed by atoms with van der Waals surface area (Å²) in [6.45, 7) is 4.10. The summed E-state index contributed by atoms with van der Waals surface area (Å²) >= 11 is 0. The van der Waals surface area contributed by atoms with E-state index in [9.17, 15) is 4.39 Å². The molecule has 0 spiro atoms. The van der Waals surface area contributed by atoms with Crippen molar-refractivity contribution < 1.29 is 9.13 Å². The first-order valence-electron chi connectivity index (χ1n) is 6.32. The van der Waals surface area contributed by atoms with Crippen LogP contribution in [0, 0.1) is 5.82 Å². The van der Waals surface area contributed by atoms with Gasteiger partial charge in [-0.25, -0.2) is 4.39 Å². The third-order valence-electron chi connectivity index (χ3n) is 3.37. The molecule has 0 aliphatic carbocycles. The first-order valence-corrected chi connectivity index (χ1v) is 6.32. The summed E-state index contributed by atoms with van der Waals surface area (Å²) in [7, 11) is 0. The lowest BCUT2D eigenvalue weighted by molar-refractivity contribution is 0.138. The van der Waals surface area contributed by atoms with E-state index in [1.807, 2.05) is 18.2 Å². The third kappa shape index (κ3) is 2.16. The monoisotopic (exact) mass is 257 g/mol. The number of hydrogen-bond acceptors (Lipinski definition) is 2. The fraction of sp³-hybridized carbons (Fsp3) is 0.250. The van der Waals surface area contributed by atoms with Crippen LogP contribution in [0.4, 0.5) is 10.1 Å². The van der Waals surface area contributed by atoms with Crippen molar-refractivity contribution in [2.45, 2.75) is 25.9 Å². The molecule has 1 aliphatic heterocycles. The van der Waals surface area contributed by atoms with E-state index in [2.05, 4.69) is 13.8 Å². The number of rotatable bonds is 1. The molecule has 1 heterocycles. The van der Waals surface area contributed by atoms with Crippen LogP contribution in [0.3, 0.4) is 0 Å².